The second kappa shape index (κ2) is 9.78. The van der Waals surface area contributed by atoms with Gasteiger partial charge in [-0.1, -0.05) is 42.5 Å². The molecule has 0 unspecified atom stereocenters. The largest absolute Gasteiger partial charge is 0.573 e. The fourth-order valence-electron chi connectivity index (χ4n) is 4.74. The number of hydrogen-bond acceptors (Lipinski definition) is 4. The molecule has 1 saturated heterocycles. The maximum atomic E-state index is 13.2. The molecule has 5 rings (SSSR count). The molecule has 2 atom stereocenters. The van der Waals surface area contributed by atoms with Crippen LogP contribution >= 0.6 is 12.4 Å². The Balaban J connectivity index is 0.00000274. The van der Waals surface area contributed by atoms with Crippen molar-refractivity contribution in [2.24, 2.45) is 0 Å². The number of nitrogens with zero attached hydrogens (tertiary/aromatic N) is 1. The number of aromatic nitrogens is 1. The molecule has 2 aliphatic heterocycles. The van der Waals surface area contributed by atoms with Crippen molar-refractivity contribution < 1.29 is 22.6 Å². The fraction of sp³-hybridized carbons (Fsp3) is 0.269. The molecule has 0 aliphatic carbocycles. The molecule has 0 bridgehead atoms. The van der Waals surface area contributed by atoms with Crippen LogP contribution in [0.5, 0.6) is 5.75 Å². The van der Waals surface area contributed by atoms with E-state index in [0.717, 1.165) is 36.1 Å². The smallest absolute Gasteiger partial charge is 0.405 e. The van der Waals surface area contributed by atoms with E-state index in [-0.39, 0.29) is 30.8 Å². The lowest BCUT2D eigenvalue weighted by Gasteiger charge is -2.40. The number of alkyl halides is 3. The van der Waals surface area contributed by atoms with Gasteiger partial charge in [0.2, 0.25) is 0 Å². The molecule has 0 amide bonds. The summed E-state index contributed by atoms with van der Waals surface area (Å²) < 4.78 is 50.2. The molecule has 1 fully saturated rings. The number of rotatable bonds is 4. The summed E-state index contributed by atoms with van der Waals surface area (Å²) in [5, 5.41) is 3.54. The van der Waals surface area contributed by atoms with E-state index in [2.05, 4.69) is 15.0 Å². The van der Waals surface area contributed by atoms with Gasteiger partial charge in [0.25, 0.3) is 0 Å². The first-order chi connectivity index (χ1) is 15.9. The number of halogens is 4. The molecule has 8 heteroatoms. The van der Waals surface area contributed by atoms with Gasteiger partial charge in [0.15, 0.2) is 0 Å². The van der Waals surface area contributed by atoms with Crippen molar-refractivity contribution in [2.45, 2.75) is 30.8 Å². The Kier molecular flexibility index (Phi) is 6.98. The van der Waals surface area contributed by atoms with Crippen LogP contribution in [-0.4, -0.2) is 30.1 Å². The van der Waals surface area contributed by atoms with Crippen LogP contribution in [0.25, 0.3) is 16.7 Å². The lowest BCUT2D eigenvalue weighted by molar-refractivity contribution is -0.274. The van der Waals surface area contributed by atoms with E-state index in [0.29, 0.717) is 11.1 Å². The number of piperidine rings is 1. The molecule has 1 spiro atoms. The van der Waals surface area contributed by atoms with Gasteiger partial charge in [-0.25, -0.2) is 0 Å². The zero-order valence-electron chi connectivity index (χ0n) is 18.2. The zero-order valence-corrected chi connectivity index (χ0v) is 19.0. The van der Waals surface area contributed by atoms with Gasteiger partial charge in [-0.15, -0.1) is 25.6 Å². The molecular weight excluding hydrogens is 465 g/mol. The molecule has 178 valence electrons. The van der Waals surface area contributed by atoms with E-state index in [4.69, 9.17) is 4.74 Å². The van der Waals surface area contributed by atoms with Gasteiger partial charge in [-0.3, -0.25) is 4.98 Å². The average molecular weight is 489 g/mol. The first-order valence-electron chi connectivity index (χ1n) is 10.9. The topological polar surface area (TPSA) is 43.4 Å². The van der Waals surface area contributed by atoms with Gasteiger partial charge in [0, 0.05) is 23.5 Å². The first-order valence-corrected chi connectivity index (χ1v) is 10.9. The van der Waals surface area contributed by atoms with Gasteiger partial charge in [-0.2, -0.15) is 0 Å². The number of hydrogen-bond donors (Lipinski definition) is 1. The van der Waals surface area contributed by atoms with Crippen LogP contribution in [-0.2, 0) is 4.74 Å². The van der Waals surface area contributed by atoms with Crippen LogP contribution in [0.2, 0.25) is 0 Å². The summed E-state index contributed by atoms with van der Waals surface area (Å²) in [5.74, 6) is -0.234. The van der Waals surface area contributed by atoms with Crippen LogP contribution in [0.15, 0.2) is 79.1 Å². The van der Waals surface area contributed by atoms with Crippen LogP contribution in [0, 0.1) is 0 Å². The van der Waals surface area contributed by atoms with Crippen molar-refractivity contribution >= 4 is 18.0 Å². The first kappa shape index (κ1) is 24.3. The SMILES string of the molecule is Cl.FC(F)(F)Oc1ccc(-c2cccnc2)cc1C1=C[C@@]2(CCCN[C@H]2c2ccccc2)OC1. The van der Waals surface area contributed by atoms with E-state index in [9.17, 15) is 13.2 Å². The monoisotopic (exact) mass is 488 g/mol. The van der Waals surface area contributed by atoms with Crippen molar-refractivity contribution in [3.05, 3.63) is 90.3 Å². The van der Waals surface area contributed by atoms with Crippen molar-refractivity contribution in [3.8, 4) is 16.9 Å². The van der Waals surface area contributed by atoms with E-state index < -0.39 is 12.0 Å². The normalized spacial score (nSPS) is 22.2. The van der Waals surface area contributed by atoms with Crippen molar-refractivity contribution in [1.29, 1.82) is 0 Å². The highest BCUT2D eigenvalue weighted by molar-refractivity contribution is 5.85. The number of benzene rings is 2. The summed E-state index contributed by atoms with van der Waals surface area (Å²) in [6.45, 7) is 1.06. The molecule has 0 radical (unpaired) electrons. The lowest BCUT2D eigenvalue weighted by atomic mass is 9.81. The Morgan fingerprint density at radius 1 is 1.03 bits per heavy atom. The van der Waals surface area contributed by atoms with Gasteiger partial charge in [0.05, 0.1) is 12.6 Å². The van der Waals surface area contributed by atoms with E-state index in [1.807, 2.05) is 42.5 Å². The summed E-state index contributed by atoms with van der Waals surface area (Å²) in [7, 11) is 0. The average Bonchev–Trinajstić information content (AvgIpc) is 3.23. The second-order valence-corrected chi connectivity index (χ2v) is 8.32. The molecule has 2 aromatic carbocycles. The number of pyridine rings is 1. The summed E-state index contributed by atoms with van der Waals surface area (Å²) in [6.07, 6.45) is 2.22. The minimum Gasteiger partial charge on any atom is -0.405 e. The highest BCUT2D eigenvalue weighted by Gasteiger charge is 2.45. The number of ether oxygens (including phenoxy) is 2. The maximum Gasteiger partial charge on any atom is 0.573 e. The van der Waals surface area contributed by atoms with Crippen molar-refractivity contribution in [2.75, 3.05) is 13.2 Å². The molecule has 2 aliphatic rings. The predicted octanol–water partition coefficient (Wildman–Crippen LogP) is 6.35. The standard InChI is InChI=1S/C26H23F3N2O2.ClH/c27-26(28,29)33-23-10-9-19(20-8-4-12-30-16-20)14-22(23)21-15-25(32-17-21)11-5-13-31-24(25)18-6-2-1-3-7-18;/h1-4,6-10,12,14-16,24,31H,5,11,13,17H2;1H/t24-,25+;/m0./s1. The lowest BCUT2D eigenvalue weighted by Crippen LogP contribution is -2.47. The van der Waals surface area contributed by atoms with Crippen LogP contribution < -0.4 is 10.1 Å². The van der Waals surface area contributed by atoms with Crippen LogP contribution in [0.3, 0.4) is 0 Å². The predicted molar refractivity (Wildman–Crippen MR) is 127 cm³/mol. The summed E-state index contributed by atoms with van der Waals surface area (Å²) in [4.78, 5) is 4.12. The van der Waals surface area contributed by atoms with Gasteiger partial charge < -0.3 is 14.8 Å². The van der Waals surface area contributed by atoms with Gasteiger partial charge in [0.1, 0.15) is 11.4 Å². The molecular formula is C26H24ClF3N2O2. The molecule has 34 heavy (non-hydrogen) atoms. The summed E-state index contributed by atoms with van der Waals surface area (Å²) in [5.41, 5.74) is 3.09. The minimum absolute atomic E-state index is 0. The molecule has 3 aromatic rings. The third-order valence-electron chi connectivity index (χ3n) is 6.18. The van der Waals surface area contributed by atoms with E-state index >= 15 is 0 Å². The Hall–Kier alpha value is -2.87. The number of nitrogens with one attached hydrogen (secondary N) is 1. The summed E-state index contributed by atoms with van der Waals surface area (Å²) in [6, 6.07) is 18.3. The maximum absolute atomic E-state index is 13.2. The molecule has 1 N–H and O–H groups in total. The zero-order chi connectivity index (χ0) is 22.9. The van der Waals surface area contributed by atoms with Crippen molar-refractivity contribution in [1.82, 2.24) is 10.3 Å². The quantitative estimate of drug-likeness (QED) is 0.465. The Bertz CT molecular complexity index is 1160. The third-order valence-corrected chi connectivity index (χ3v) is 6.18. The van der Waals surface area contributed by atoms with Crippen molar-refractivity contribution in [3.63, 3.8) is 0 Å². The van der Waals surface area contributed by atoms with E-state index in [1.165, 1.54) is 6.07 Å². The Labute approximate surface area is 202 Å². The molecule has 3 heterocycles. The van der Waals surface area contributed by atoms with E-state index in [1.54, 1.807) is 30.6 Å². The molecule has 1 aromatic heterocycles. The molecule has 4 nitrogen and oxygen atoms in total. The minimum atomic E-state index is -4.79. The van der Waals surface area contributed by atoms with Crippen LogP contribution in [0.1, 0.15) is 30.0 Å². The third kappa shape index (κ3) is 4.97. The fourth-order valence-corrected chi connectivity index (χ4v) is 4.74. The Morgan fingerprint density at radius 3 is 2.59 bits per heavy atom. The molecule has 0 saturated carbocycles. The van der Waals surface area contributed by atoms with Gasteiger partial charge >= 0.3 is 6.36 Å². The second-order valence-electron chi connectivity index (χ2n) is 8.32. The Morgan fingerprint density at radius 2 is 1.85 bits per heavy atom. The summed E-state index contributed by atoms with van der Waals surface area (Å²) >= 11 is 0. The van der Waals surface area contributed by atoms with Gasteiger partial charge in [-0.05, 0) is 60.4 Å². The highest BCUT2D eigenvalue weighted by atomic mass is 35.5. The highest BCUT2D eigenvalue weighted by Crippen LogP contribution is 2.46. The van der Waals surface area contributed by atoms with Crippen LogP contribution in [0.4, 0.5) is 13.2 Å².